The van der Waals surface area contributed by atoms with E-state index < -0.39 is 0 Å². The molecule has 0 radical (unpaired) electrons. The van der Waals surface area contributed by atoms with Crippen LogP contribution in [0.2, 0.25) is 5.02 Å². The van der Waals surface area contributed by atoms with E-state index in [-0.39, 0.29) is 11.6 Å². The predicted molar refractivity (Wildman–Crippen MR) is 71.4 cm³/mol. The molecule has 0 saturated carbocycles. The van der Waals surface area contributed by atoms with Gasteiger partial charge in [0.15, 0.2) is 0 Å². The fourth-order valence-corrected chi connectivity index (χ4v) is 2.86. The summed E-state index contributed by atoms with van der Waals surface area (Å²) >= 11 is 6.27. The molecule has 18 heavy (non-hydrogen) atoms. The average molecular weight is 273 g/mol. The lowest BCUT2D eigenvalue weighted by Crippen LogP contribution is -2.52. The van der Waals surface area contributed by atoms with Crippen molar-refractivity contribution in [1.82, 2.24) is 15.2 Å². The monoisotopic (exact) mass is 272 g/mol. The Bertz CT molecular complexity index is 426. The molecule has 0 bridgehead atoms. The Kier molecular flexibility index (Phi) is 3.96. The van der Waals surface area contributed by atoms with E-state index in [1.165, 1.54) is 0 Å². The third kappa shape index (κ3) is 2.40. The van der Waals surface area contributed by atoms with Crippen molar-refractivity contribution in [3.05, 3.63) is 16.4 Å². The first kappa shape index (κ1) is 13.8. The number of rotatable bonds is 4. The van der Waals surface area contributed by atoms with E-state index in [1.54, 1.807) is 0 Å². The molecular formula is C12H21ClN4O. The minimum absolute atomic E-state index is 0.0345. The van der Waals surface area contributed by atoms with Gasteiger partial charge < -0.3 is 4.74 Å². The lowest BCUT2D eigenvalue weighted by molar-refractivity contribution is -0.0119. The molecule has 1 aromatic heterocycles. The number of aromatic nitrogens is 2. The normalized spacial score (nSPS) is 25.6. The maximum Gasteiger partial charge on any atom is 0.0847 e. The molecule has 1 saturated heterocycles. The van der Waals surface area contributed by atoms with E-state index >= 15 is 0 Å². The first-order valence-electron chi connectivity index (χ1n) is 6.26. The second-order valence-electron chi connectivity index (χ2n) is 5.16. The van der Waals surface area contributed by atoms with Crippen LogP contribution < -0.4 is 11.3 Å². The molecule has 6 heteroatoms. The number of ether oxygens (including phenoxy) is 1. The van der Waals surface area contributed by atoms with Gasteiger partial charge in [0.05, 0.1) is 28.1 Å². The zero-order valence-electron chi connectivity index (χ0n) is 11.2. The van der Waals surface area contributed by atoms with E-state index in [1.807, 2.05) is 18.7 Å². The molecule has 102 valence electrons. The number of hydrogen-bond donors (Lipinski definition) is 2. The molecule has 1 fully saturated rings. The summed E-state index contributed by atoms with van der Waals surface area (Å²) in [6, 6.07) is 0.0345. The molecule has 2 heterocycles. The summed E-state index contributed by atoms with van der Waals surface area (Å²) in [5.74, 6) is 5.69. The highest BCUT2D eigenvalue weighted by molar-refractivity contribution is 6.31. The van der Waals surface area contributed by atoms with Crippen molar-refractivity contribution in [2.75, 3.05) is 6.61 Å². The Morgan fingerprint density at radius 1 is 1.67 bits per heavy atom. The van der Waals surface area contributed by atoms with E-state index in [9.17, 15) is 0 Å². The van der Waals surface area contributed by atoms with Crippen molar-refractivity contribution >= 4 is 11.6 Å². The molecule has 1 aromatic rings. The predicted octanol–water partition coefficient (Wildman–Crippen LogP) is 1.33. The highest BCUT2D eigenvalue weighted by Crippen LogP contribution is 2.31. The largest absolute Gasteiger partial charge is 0.374 e. The van der Waals surface area contributed by atoms with Gasteiger partial charge in [-0.2, -0.15) is 5.10 Å². The van der Waals surface area contributed by atoms with Crippen LogP contribution in [0, 0.1) is 6.92 Å². The second kappa shape index (κ2) is 5.17. The number of nitrogens with one attached hydrogen (secondary N) is 1. The summed E-state index contributed by atoms with van der Waals surface area (Å²) in [5, 5.41) is 5.04. The highest BCUT2D eigenvalue weighted by atomic mass is 35.5. The van der Waals surface area contributed by atoms with Gasteiger partial charge in [-0.25, -0.2) is 0 Å². The number of halogens is 1. The van der Waals surface area contributed by atoms with Gasteiger partial charge in [-0.05, 0) is 26.7 Å². The summed E-state index contributed by atoms with van der Waals surface area (Å²) < 4.78 is 7.66. The molecule has 0 amide bonds. The van der Waals surface area contributed by atoms with Gasteiger partial charge in [-0.15, -0.1) is 0 Å². The van der Waals surface area contributed by atoms with Crippen LogP contribution in [0.3, 0.4) is 0 Å². The summed E-state index contributed by atoms with van der Waals surface area (Å²) in [5.41, 5.74) is 4.49. The van der Waals surface area contributed by atoms with Crippen molar-refractivity contribution in [1.29, 1.82) is 0 Å². The molecule has 2 rings (SSSR count). The van der Waals surface area contributed by atoms with Crippen molar-refractivity contribution in [3.8, 4) is 0 Å². The van der Waals surface area contributed by atoms with Crippen molar-refractivity contribution in [3.63, 3.8) is 0 Å². The lowest BCUT2D eigenvalue weighted by Gasteiger charge is -2.32. The lowest BCUT2D eigenvalue weighted by atomic mass is 9.90. The molecule has 0 aliphatic carbocycles. The number of hydrogen-bond acceptors (Lipinski definition) is 4. The molecule has 2 atom stereocenters. The van der Waals surface area contributed by atoms with Crippen LogP contribution in [0.15, 0.2) is 0 Å². The first-order valence-corrected chi connectivity index (χ1v) is 6.64. The van der Waals surface area contributed by atoms with Crippen LogP contribution >= 0.6 is 11.6 Å². The summed E-state index contributed by atoms with van der Waals surface area (Å²) in [6.45, 7) is 4.80. The zero-order valence-corrected chi connectivity index (χ0v) is 11.9. The van der Waals surface area contributed by atoms with Crippen molar-refractivity contribution in [2.45, 2.75) is 44.8 Å². The summed E-state index contributed by atoms with van der Waals surface area (Å²) in [7, 11) is 1.90. The molecule has 2 unspecified atom stereocenters. The molecule has 1 aliphatic heterocycles. The quantitative estimate of drug-likeness (QED) is 0.641. The van der Waals surface area contributed by atoms with E-state index in [0.717, 1.165) is 35.9 Å². The van der Waals surface area contributed by atoms with Gasteiger partial charge in [0.25, 0.3) is 0 Å². The Balaban J connectivity index is 2.20. The van der Waals surface area contributed by atoms with Crippen molar-refractivity contribution in [2.24, 2.45) is 12.9 Å². The minimum atomic E-state index is -0.226. The third-order valence-corrected chi connectivity index (χ3v) is 4.34. The van der Waals surface area contributed by atoms with E-state index in [0.29, 0.717) is 6.42 Å². The smallest absolute Gasteiger partial charge is 0.0847 e. The first-order chi connectivity index (χ1) is 8.48. The third-order valence-electron chi connectivity index (χ3n) is 3.85. The van der Waals surface area contributed by atoms with Gasteiger partial charge in [-0.3, -0.25) is 16.0 Å². The minimum Gasteiger partial charge on any atom is -0.374 e. The molecule has 0 aromatic carbocycles. The fraction of sp³-hybridized carbons (Fsp3) is 0.750. The van der Waals surface area contributed by atoms with Crippen molar-refractivity contribution < 1.29 is 4.74 Å². The molecule has 0 spiro atoms. The SMILES string of the molecule is Cc1nn(C)c(CC(NN)C2(C)CCCO2)c1Cl. The maximum atomic E-state index is 6.27. The highest BCUT2D eigenvalue weighted by Gasteiger charge is 2.38. The fourth-order valence-electron chi connectivity index (χ4n) is 2.62. The van der Waals surface area contributed by atoms with Crippen LogP contribution in [0.5, 0.6) is 0 Å². The summed E-state index contributed by atoms with van der Waals surface area (Å²) in [6.07, 6.45) is 2.80. The van der Waals surface area contributed by atoms with Gasteiger partial charge in [0.1, 0.15) is 0 Å². The topological polar surface area (TPSA) is 65.1 Å². The standard InChI is InChI=1S/C12H21ClN4O/c1-8-11(13)9(17(3)16-8)7-10(15-14)12(2)5-4-6-18-12/h10,15H,4-7,14H2,1-3H3. The van der Waals surface area contributed by atoms with Gasteiger partial charge in [0.2, 0.25) is 0 Å². The maximum absolute atomic E-state index is 6.27. The second-order valence-corrected chi connectivity index (χ2v) is 5.54. The van der Waals surface area contributed by atoms with Crippen LogP contribution in [-0.4, -0.2) is 28.0 Å². The average Bonchev–Trinajstić information content (AvgIpc) is 2.85. The molecule has 1 aliphatic rings. The van der Waals surface area contributed by atoms with Crippen LogP contribution in [-0.2, 0) is 18.2 Å². The van der Waals surface area contributed by atoms with Gasteiger partial charge in [-0.1, -0.05) is 11.6 Å². The zero-order chi connectivity index (χ0) is 13.3. The number of hydrazine groups is 1. The summed E-state index contributed by atoms with van der Waals surface area (Å²) in [4.78, 5) is 0. The Hall–Kier alpha value is -0.620. The molecular weight excluding hydrogens is 252 g/mol. The Morgan fingerprint density at radius 2 is 2.39 bits per heavy atom. The van der Waals surface area contributed by atoms with Gasteiger partial charge in [0, 0.05) is 20.1 Å². The van der Waals surface area contributed by atoms with E-state index in [4.69, 9.17) is 22.2 Å². The Labute approximate surface area is 113 Å². The van der Waals surface area contributed by atoms with Crippen LogP contribution in [0.25, 0.3) is 0 Å². The molecule has 3 N–H and O–H groups in total. The van der Waals surface area contributed by atoms with Crippen LogP contribution in [0.1, 0.15) is 31.2 Å². The molecule has 5 nitrogen and oxygen atoms in total. The van der Waals surface area contributed by atoms with E-state index in [2.05, 4.69) is 17.4 Å². The van der Waals surface area contributed by atoms with Gasteiger partial charge >= 0.3 is 0 Å². The Morgan fingerprint density at radius 3 is 2.83 bits per heavy atom. The van der Waals surface area contributed by atoms with Crippen LogP contribution in [0.4, 0.5) is 0 Å². The number of nitrogens with zero attached hydrogens (tertiary/aromatic N) is 2. The number of nitrogens with two attached hydrogens (primary N) is 1. The number of aryl methyl sites for hydroxylation is 2.